The van der Waals surface area contributed by atoms with Crippen LogP contribution < -0.4 is 0 Å². The van der Waals surface area contributed by atoms with Crippen LogP contribution in [0.4, 0.5) is 0 Å². The Labute approximate surface area is 172 Å². The van der Waals surface area contributed by atoms with Crippen molar-refractivity contribution in [2.24, 2.45) is 0 Å². The predicted octanol–water partition coefficient (Wildman–Crippen LogP) is 1.80. The van der Waals surface area contributed by atoms with Gasteiger partial charge in [-0.2, -0.15) is 4.98 Å². The van der Waals surface area contributed by atoms with Gasteiger partial charge >= 0.3 is 0 Å². The van der Waals surface area contributed by atoms with Gasteiger partial charge in [-0.25, -0.2) is 9.50 Å². The van der Waals surface area contributed by atoms with Gasteiger partial charge in [-0.15, -0.1) is 5.10 Å². The molecule has 0 bridgehead atoms. The molecule has 0 spiro atoms. The van der Waals surface area contributed by atoms with Crippen LogP contribution in [0.2, 0.25) is 0 Å². The highest BCUT2D eigenvalue weighted by Gasteiger charge is 2.29. The lowest BCUT2D eigenvalue weighted by molar-refractivity contribution is -0.131. The Morgan fingerprint density at radius 1 is 1.14 bits per heavy atom. The summed E-state index contributed by atoms with van der Waals surface area (Å²) >= 11 is 1.32. The first kappa shape index (κ1) is 19.4. The zero-order chi connectivity index (χ0) is 20.5. The van der Waals surface area contributed by atoms with Gasteiger partial charge in [0.25, 0.3) is 11.7 Å². The van der Waals surface area contributed by atoms with Crippen molar-refractivity contribution in [2.45, 2.75) is 31.2 Å². The summed E-state index contributed by atoms with van der Waals surface area (Å²) < 4.78 is 6.86. The minimum Gasteiger partial charge on any atom is -0.459 e. The highest BCUT2D eigenvalue weighted by atomic mass is 32.2. The Hall–Kier alpha value is -2.88. The molecule has 0 aromatic carbocycles. The molecule has 1 atom stereocenters. The van der Waals surface area contributed by atoms with E-state index >= 15 is 0 Å². The smallest absolute Gasteiger partial charge is 0.289 e. The quantitative estimate of drug-likeness (QED) is 0.601. The number of rotatable bonds is 4. The molecule has 0 radical (unpaired) electrons. The first-order valence-corrected chi connectivity index (χ1v) is 10.3. The fourth-order valence-electron chi connectivity index (χ4n) is 3.35. The highest BCUT2D eigenvalue weighted by Crippen LogP contribution is 2.23. The number of furan rings is 1. The summed E-state index contributed by atoms with van der Waals surface area (Å²) in [5.41, 5.74) is 1.83. The molecule has 9 nitrogen and oxygen atoms in total. The molecule has 0 unspecified atom stereocenters. The number of amides is 2. The van der Waals surface area contributed by atoms with Crippen molar-refractivity contribution in [1.29, 1.82) is 0 Å². The zero-order valence-electron chi connectivity index (χ0n) is 16.5. The molecule has 0 N–H and O–H groups in total. The number of fused-ring (bicyclic) bond motifs is 1. The molecule has 1 aliphatic heterocycles. The largest absolute Gasteiger partial charge is 0.459 e. The molecule has 29 heavy (non-hydrogen) atoms. The maximum atomic E-state index is 12.8. The Balaban J connectivity index is 1.36. The number of carbonyl (C=O) groups is 2. The first-order chi connectivity index (χ1) is 13.9. The molecule has 1 fully saturated rings. The van der Waals surface area contributed by atoms with Gasteiger partial charge in [0.2, 0.25) is 11.1 Å². The number of thioether (sulfide) groups is 1. The molecule has 10 heteroatoms. The van der Waals surface area contributed by atoms with Crippen LogP contribution in [0.5, 0.6) is 0 Å². The first-order valence-electron chi connectivity index (χ1n) is 9.41. The second-order valence-electron chi connectivity index (χ2n) is 7.00. The fraction of sp³-hybridized carbons (Fsp3) is 0.421. The molecule has 1 saturated heterocycles. The van der Waals surface area contributed by atoms with E-state index in [0.717, 1.165) is 11.4 Å². The van der Waals surface area contributed by atoms with E-state index in [0.29, 0.717) is 42.9 Å². The normalized spacial score (nSPS) is 15.7. The lowest BCUT2D eigenvalue weighted by atomic mass is 10.2. The summed E-state index contributed by atoms with van der Waals surface area (Å²) in [5.74, 6) is 0.733. The van der Waals surface area contributed by atoms with Gasteiger partial charge in [0.05, 0.1) is 11.5 Å². The number of aryl methyl sites for hydroxylation is 2. The van der Waals surface area contributed by atoms with E-state index < -0.39 is 0 Å². The second-order valence-corrected chi connectivity index (χ2v) is 8.31. The minimum atomic E-state index is -0.332. The van der Waals surface area contributed by atoms with Crippen LogP contribution >= 0.6 is 11.8 Å². The van der Waals surface area contributed by atoms with Crippen LogP contribution in [-0.4, -0.2) is 72.6 Å². The molecular formula is C19H22N6O3S. The van der Waals surface area contributed by atoms with Crippen LogP contribution in [-0.2, 0) is 4.79 Å². The molecule has 1 aliphatic rings. The number of nitrogens with zero attached hydrogens (tertiary/aromatic N) is 6. The summed E-state index contributed by atoms with van der Waals surface area (Å²) in [7, 11) is 0. The monoisotopic (exact) mass is 414 g/mol. The van der Waals surface area contributed by atoms with Gasteiger partial charge in [0.15, 0.2) is 5.76 Å². The summed E-state index contributed by atoms with van der Waals surface area (Å²) in [6.45, 7) is 7.67. The van der Waals surface area contributed by atoms with E-state index in [-0.39, 0.29) is 17.1 Å². The van der Waals surface area contributed by atoms with E-state index in [4.69, 9.17) is 4.42 Å². The molecule has 0 aliphatic carbocycles. The summed E-state index contributed by atoms with van der Waals surface area (Å²) in [4.78, 5) is 37.5. The number of hydrogen-bond acceptors (Lipinski definition) is 7. The molecule has 2 amide bonds. The van der Waals surface area contributed by atoms with E-state index in [1.807, 2.05) is 26.8 Å². The lowest BCUT2D eigenvalue weighted by Crippen LogP contribution is -2.52. The molecular weight excluding hydrogens is 392 g/mol. The summed E-state index contributed by atoms with van der Waals surface area (Å²) in [6.07, 6.45) is 1.48. The maximum Gasteiger partial charge on any atom is 0.289 e. The predicted molar refractivity (Wildman–Crippen MR) is 107 cm³/mol. The van der Waals surface area contributed by atoms with Crippen molar-refractivity contribution in [1.82, 2.24) is 29.4 Å². The molecule has 4 rings (SSSR count). The van der Waals surface area contributed by atoms with Crippen LogP contribution in [0.1, 0.15) is 28.9 Å². The highest BCUT2D eigenvalue weighted by molar-refractivity contribution is 8.00. The van der Waals surface area contributed by atoms with Gasteiger partial charge < -0.3 is 14.2 Å². The van der Waals surface area contributed by atoms with Crippen molar-refractivity contribution >= 4 is 29.4 Å². The van der Waals surface area contributed by atoms with E-state index in [2.05, 4.69) is 15.1 Å². The maximum absolute atomic E-state index is 12.8. The van der Waals surface area contributed by atoms with E-state index in [1.54, 1.807) is 26.4 Å². The third kappa shape index (κ3) is 3.98. The molecule has 3 aromatic rings. The SMILES string of the molecule is Cc1cc(C)n2nc(S[C@H](C)C(=O)N3CCN(C(=O)c4ccco4)CC3)nc2n1. The van der Waals surface area contributed by atoms with Crippen molar-refractivity contribution in [2.75, 3.05) is 26.2 Å². The molecule has 152 valence electrons. The number of aromatic nitrogens is 4. The van der Waals surface area contributed by atoms with Crippen LogP contribution in [0.15, 0.2) is 34.0 Å². The molecule has 4 heterocycles. The number of piperazine rings is 1. The Morgan fingerprint density at radius 2 is 1.86 bits per heavy atom. The zero-order valence-corrected chi connectivity index (χ0v) is 17.3. The Kier molecular flexibility index (Phi) is 5.27. The average Bonchev–Trinajstić information content (AvgIpc) is 3.37. The summed E-state index contributed by atoms with van der Waals surface area (Å²) in [6, 6.07) is 5.28. The number of hydrogen-bond donors (Lipinski definition) is 0. The third-order valence-corrected chi connectivity index (χ3v) is 5.78. The fourth-order valence-corrected chi connectivity index (χ4v) is 4.18. The van der Waals surface area contributed by atoms with Crippen molar-refractivity contribution < 1.29 is 14.0 Å². The van der Waals surface area contributed by atoms with Gasteiger partial charge in [0.1, 0.15) is 0 Å². The van der Waals surface area contributed by atoms with Gasteiger partial charge in [-0.3, -0.25) is 9.59 Å². The van der Waals surface area contributed by atoms with E-state index in [9.17, 15) is 9.59 Å². The van der Waals surface area contributed by atoms with Crippen molar-refractivity contribution in [3.05, 3.63) is 41.6 Å². The Morgan fingerprint density at radius 3 is 2.55 bits per heavy atom. The average molecular weight is 414 g/mol. The van der Waals surface area contributed by atoms with Gasteiger partial charge in [0, 0.05) is 37.6 Å². The van der Waals surface area contributed by atoms with Crippen molar-refractivity contribution in [3.8, 4) is 0 Å². The number of carbonyl (C=O) groups excluding carboxylic acids is 2. The minimum absolute atomic E-state index is 0.0137. The second kappa shape index (κ2) is 7.86. The van der Waals surface area contributed by atoms with Gasteiger partial charge in [-0.05, 0) is 39.0 Å². The van der Waals surface area contributed by atoms with Crippen molar-refractivity contribution in [3.63, 3.8) is 0 Å². The van der Waals surface area contributed by atoms with Crippen LogP contribution in [0.25, 0.3) is 5.78 Å². The molecule has 3 aromatic heterocycles. The van der Waals surface area contributed by atoms with Crippen LogP contribution in [0.3, 0.4) is 0 Å². The lowest BCUT2D eigenvalue weighted by Gasteiger charge is -2.35. The third-order valence-electron chi connectivity index (χ3n) is 4.84. The molecule has 0 saturated carbocycles. The van der Waals surface area contributed by atoms with Crippen LogP contribution in [0, 0.1) is 13.8 Å². The Bertz CT molecular complexity index is 1040. The standard InChI is InChI=1S/C19H22N6O3S/c1-12-11-13(2)25-18(20-12)21-19(22-25)29-14(3)16(26)23-6-8-24(9-7-23)17(27)15-5-4-10-28-15/h4-5,10-11,14H,6-9H2,1-3H3/t14-/m1/s1. The van der Waals surface area contributed by atoms with Gasteiger partial charge in [-0.1, -0.05) is 11.8 Å². The van der Waals surface area contributed by atoms with E-state index in [1.165, 1.54) is 18.0 Å². The topological polar surface area (TPSA) is 96.8 Å². The summed E-state index contributed by atoms with van der Waals surface area (Å²) in [5, 5.41) is 4.65.